The van der Waals surface area contributed by atoms with E-state index in [1.54, 1.807) is 32.9 Å². The predicted octanol–water partition coefficient (Wildman–Crippen LogP) is 2.99. The Morgan fingerprint density at radius 1 is 1.12 bits per heavy atom. The van der Waals surface area contributed by atoms with Gasteiger partial charge in [-0.1, -0.05) is 19.1 Å². The molecule has 0 aromatic heterocycles. The van der Waals surface area contributed by atoms with Crippen LogP contribution in [0.25, 0.3) is 0 Å². The van der Waals surface area contributed by atoms with E-state index in [9.17, 15) is 17.6 Å². The molecule has 0 spiro atoms. The first-order valence-electron chi connectivity index (χ1n) is 7.42. The summed E-state index contributed by atoms with van der Waals surface area (Å²) in [4.78, 5) is 12.4. The molecule has 0 aliphatic carbocycles. The fourth-order valence-electron chi connectivity index (χ4n) is 2.21. The highest BCUT2D eigenvalue weighted by Crippen LogP contribution is 2.20. The lowest BCUT2D eigenvalue weighted by molar-refractivity contribution is 0.102. The quantitative estimate of drug-likeness (QED) is 0.870. The molecule has 7 heteroatoms. The molecule has 5 nitrogen and oxygen atoms in total. The summed E-state index contributed by atoms with van der Waals surface area (Å²) >= 11 is 0. The number of aryl methyl sites for hydroxylation is 2. The number of benzene rings is 2. The van der Waals surface area contributed by atoms with Gasteiger partial charge in [-0.05, 0) is 49.2 Å². The van der Waals surface area contributed by atoms with Crippen LogP contribution < -0.4 is 10.0 Å². The number of rotatable bonds is 5. The van der Waals surface area contributed by atoms with Crippen molar-refractivity contribution in [1.29, 1.82) is 0 Å². The van der Waals surface area contributed by atoms with Gasteiger partial charge in [0.1, 0.15) is 5.82 Å². The fourth-order valence-corrected chi connectivity index (χ4v) is 3.28. The van der Waals surface area contributed by atoms with E-state index in [1.165, 1.54) is 24.3 Å². The van der Waals surface area contributed by atoms with Gasteiger partial charge in [0, 0.05) is 12.1 Å². The lowest BCUT2D eigenvalue weighted by Crippen LogP contribution is -2.24. The highest BCUT2D eigenvalue weighted by molar-refractivity contribution is 7.89. The van der Waals surface area contributed by atoms with Crippen molar-refractivity contribution in [2.24, 2.45) is 0 Å². The van der Waals surface area contributed by atoms with Crippen molar-refractivity contribution < 1.29 is 17.6 Å². The topological polar surface area (TPSA) is 75.3 Å². The molecule has 128 valence electrons. The second-order valence-corrected chi connectivity index (χ2v) is 7.18. The highest BCUT2D eigenvalue weighted by Gasteiger charge is 2.18. The molecule has 0 aliphatic rings. The van der Waals surface area contributed by atoms with Gasteiger partial charge in [-0.2, -0.15) is 0 Å². The van der Waals surface area contributed by atoms with Crippen LogP contribution in [-0.4, -0.2) is 20.9 Å². The number of sulfonamides is 1. The maximum Gasteiger partial charge on any atom is 0.256 e. The van der Waals surface area contributed by atoms with E-state index < -0.39 is 21.7 Å². The van der Waals surface area contributed by atoms with E-state index in [-0.39, 0.29) is 22.7 Å². The molecule has 0 radical (unpaired) electrons. The van der Waals surface area contributed by atoms with Crippen molar-refractivity contribution in [2.45, 2.75) is 25.7 Å². The maximum absolute atomic E-state index is 13.8. The summed E-state index contributed by atoms with van der Waals surface area (Å²) in [7, 11) is -3.67. The van der Waals surface area contributed by atoms with Crippen molar-refractivity contribution in [2.75, 3.05) is 11.9 Å². The Balaban J connectivity index is 2.37. The van der Waals surface area contributed by atoms with Gasteiger partial charge in [-0.25, -0.2) is 17.5 Å². The Kier molecular flexibility index (Phi) is 5.36. The van der Waals surface area contributed by atoms with E-state index in [1.807, 2.05) is 0 Å². The largest absolute Gasteiger partial charge is 0.319 e. The molecule has 0 fully saturated rings. The zero-order chi connectivity index (χ0) is 17.9. The van der Waals surface area contributed by atoms with Crippen LogP contribution in [0.3, 0.4) is 0 Å². The molecular formula is C17H19FN2O3S. The van der Waals surface area contributed by atoms with Crippen LogP contribution in [-0.2, 0) is 10.0 Å². The predicted molar refractivity (Wildman–Crippen MR) is 91.1 cm³/mol. The lowest BCUT2D eigenvalue weighted by atomic mass is 10.1. The van der Waals surface area contributed by atoms with Gasteiger partial charge in [0.25, 0.3) is 5.91 Å². The van der Waals surface area contributed by atoms with Crippen LogP contribution in [0.5, 0.6) is 0 Å². The zero-order valence-electron chi connectivity index (χ0n) is 13.7. The van der Waals surface area contributed by atoms with E-state index in [2.05, 4.69) is 10.0 Å². The fraction of sp³-hybridized carbons (Fsp3) is 0.235. The first-order valence-corrected chi connectivity index (χ1v) is 8.90. The Hall–Kier alpha value is -2.25. The third-order valence-corrected chi connectivity index (χ3v) is 5.01. The number of anilines is 1. The molecule has 1 amide bonds. The molecule has 0 bridgehead atoms. The summed E-state index contributed by atoms with van der Waals surface area (Å²) in [6.45, 7) is 5.38. The Morgan fingerprint density at radius 2 is 1.83 bits per heavy atom. The number of carbonyl (C=O) groups excluding carboxylic acids is 1. The molecule has 0 aliphatic heterocycles. The van der Waals surface area contributed by atoms with E-state index in [0.717, 1.165) is 5.56 Å². The molecule has 0 saturated heterocycles. The Morgan fingerprint density at radius 3 is 2.50 bits per heavy atom. The average Bonchev–Trinajstić information content (AvgIpc) is 2.51. The van der Waals surface area contributed by atoms with Crippen molar-refractivity contribution in [3.63, 3.8) is 0 Å². The minimum Gasteiger partial charge on any atom is -0.319 e. The SMILES string of the molecule is CCNS(=O)(=O)c1ccc(C)c(C(=O)Nc2cc(C)ccc2F)c1. The number of nitrogens with one attached hydrogen (secondary N) is 2. The minimum absolute atomic E-state index is 0.00943. The van der Waals surface area contributed by atoms with Crippen LogP contribution in [0.2, 0.25) is 0 Å². The summed E-state index contributed by atoms with van der Waals surface area (Å²) < 4.78 is 40.3. The van der Waals surface area contributed by atoms with Gasteiger partial charge >= 0.3 is 0 Å². The molecule has 2 aromatic carbocycles. The van der Waals surface area contributed by atoms with Crippen molar-refractivity contribution in [3.05, 3.63) is 58.9 Å². The van der Waals surface area contributed by atoms with Crippen LogP contribution in [0.1, 0.15) is 28.4 Å². The third kappa shape index (κ3) is 3.98. The third-order valence-electron chi connectivity index (χ3n) is 3.47. The minimum atomic E-state index is -3.67. The van der Waals surface area contributed by atoms with Gasteiger partial charge < -0.3 is 5.32 Å². The molecule has 24 heavy (non-hydrogen) atoms. The van der Waals surface area contributed by atoms with Crippen LogP contribution >= 0.6 is 0 Å². The van der Waals surface area contributed by atoms with Crippen LogP contribution in [0, 0.1) is 19.7 Å². The Bertz CT molecular complexity index is 879. The summed E-state index contributed by atoms with van der Waals surface area (Å²) in [5.74, 6) is -1.12. The number of halogens is 1. The van der Waals surface area contributed by atoms with Gasteiger partial charge in [0.15, 0.2) is 0 Å². The Labute approximate surface area is 141 Å². The molecule has 0 heterocycles. The first kappa shape index (κ1) is 18.1. The monoisotopic (exact) mass is 350 g/mol. The van der Waals surface area contributed by atoms with Gasteiger partial charge in [0.2, 0.25) is 10.0 Å². The second-order valence-electron chi connectivity index (χ2n) is 5.42. The van der Waals surface area contributed by atoms with Gasteiger partial charge in [-0.15, -0.1) is 0 Å². The van der Waals surface area contributed by atoms with E-state index in [4.69, 9.17) is 0 Å². The molecular weight excluding hydrogens is 331 g/mol. The van der Waals surface area contributed by atoms with Crippen molar-refractivity contribution in [3.8, 4) is 0 Å². The normalized spacial score (nSPS) is 11.3. The second kappa shape index (κ2) is 7.11. The zero-order valence-corrected chi connectivity index (χ0v) is 14.5. The molecule has 2 N–H and O–H groups in total. The summed E-state index contributed by atoms with van der Waals surface area (Å²) in [6.07, 6.45) is 0. The summed E-state index contributed by atoms with van der Waals surface area (Å²) in [6, 6.07) is 8.64. The molecule has 0 atom stereocenters. The molecule has 2 rings (SSSR count). The average molecular weight is 350 g/mol. The van der Waals surface area contributed by atoms with Gasteiger partial charge in [0.05, 0.1) is 10.6 Å². The number of hydrogen-bond acceptors (Lipinski definition) is 3. The van der Waals surface area contributed by atoms with E-state index >= 15 is 0 Å². The van der Waals surface area contributed by atoms with Crippen molar-refractivity contribution in [1.82, 2.24) is 4.72 Å². The smallest absolute Gasteiger partial charge is 0.256 e. The highest BCUT2D eigenvalue weighted by atomic mass is 32.2. The maximum atomic E-state index is 13.8. The lowest BCUT2D eigenvalue weighted by Gasteiger charge is -2.11. The number of hydrogen-bond donors (Lipinski definition) is 2. The molecule has 2 aromatic rings. The standard InChI is InChI=1S/C17H19FN2O3S/c1-4-19-24(22,23)13-7-6-12(3)14(10-13)17(21)20-16-9-11(2)5-8-15(16)18/h5-10,19H,4H2,1-3H3,(H,20,21). The van der Waals surface area contributed by atoms with Crippen molar-refractivity contribution >= 4 is 21.6 Å². The van der Waals surface area contributed by atoms with Gasteiger partial charge in [-0.3, -0.25) is 4.79 Å². The summed E-state index contributed by atoms with van der Waals surface area (Å²) in [5.41, 5.74) is 1.62. The number of carbonyl (C=O) groups is 1. The van der Waals surface area contributed by atoms with E-state index in [0.29, 0.717) is 5.56 Å². The summed E-state index contributed by atoms with van der Waals surface area (Å²) in [5, 5.41) is 2.49. The molecule has 0 unspecified atom stereocenters. The van der Waals surface area contributed by atoms with Crippen LogP contribution in [0.4, 0.5) is 10.1 Å². The first-order chi connectivity index (χ1) is 11.2. The number of amides is 1. The molecule has 0 saturated carbocycles. The van der Waals surface area contributed by atoms with Crippen LogP contribution in [0.15, 0.2) is 41.3 Å².